The van der Waals surface area contributed by atoms with E-state index in [4.69, 9.17) is 4.74 Å². The van der Waals surface area contributed by atoms with E-state index >= 15 is 0 Å². The number of nitrogens with one attached hydrogen (secondary N) is 2. The number of para-hydroxylation sites is 1. The first-order valence-corrected chi connectivity index (χ1v) is 6.65. The molecular weight excluding hydrogens is 288 g/mol. The molecule has 7 nitrogen and oxygen atoms in total. The first-order chi connectivity index (χ1) is 10.5. The Morgan fingerprint density at radius 3 is 2.55 bits per heavy atom. The van der Waals surface area contributed by atoms with E-state index in [0.717, 1.165) is 17.7 Å². The summed E-state index contributed by atoms with van der Waals surface area (Å²) in [6, 6.07) is 7.25. The van der Waals surface area contributed by atoms with Gasteiger partial charge in [-0.2, -0.15) is 0 Å². The molecule has 0 aliphatic heterocycles. The number of hydrazine groups is 1. The zero-order valence-corrected chi connectivity index (χ0v) is 12.4. The number of aryl methyl sites for hydroxylation is 1. The number of carbonyl (C=O) groups excluding carboxylic acids is 3. The fraction of sp³-hybridized carbons (Fsp3) is 0.267. The second kappa shape index (κ2) is 9.17. The van der Waals surface area contributed by atoms with E-state index in [1.54, 1.807) is 19.1 Å². The number of benzene rings is 1. The molecule has 1 aromatic rings. The van der Waals surface area contributed by atoms with Gasteiger partial charge in [0, 0.05) is 12.2 Å². The predicted octanol–water partition coefficient (Wildman–Crippen LogP) is 0.641. The van der Waals surface area contributed by atoms with Crippen LogP contribution in [0, 0.1) is 6.92 Å². The third-order valence-corrected chi connectivity index (χ3v) is 2.43. The lowest BCUT2D eigenvalue weighted by atomic mass is 10.2. The molecule has 118 valence electrons. The average Bonchev–Trinajstić information content (AvgIpc) is 2.50. The summed E-state index contributed by atoms with van der Waals surface area (Å²) in [5.74, 6) is -1.23. The van der Waals surface area contributed by atoms with Gasteiger partial charge < -0.3 is 9.47 Å². The molecule has 7 heteroatoms. The van der Waals surface area contributed by atoms with Gasteiger partial charge in [0.15, 0.2) is 6.61 Å². The summed E-state index contributed by atoms with van der Waals surface area (Å²) in [5, 5.41) is 0. The fourth-order valence-corrected chi connectivity index (χ4v) is 1.40. The number of esters is 1. The number of hydrogen-bond acceptors (Lipinski definition) is 5. The van der Waals surface area contributed by atoms with Crippen LogP contribution >= 0.6 is 0 Å². The van der Waals surface area contributed by atoms with E-state index in [9.17, 15) is 14.4 Å². The molecule has 0 aromatic heterocycles. The molecule has 0 aliphatic rings. The first-order valence-electron chi connectivity index (χ1n) is 6.65. The van der Waals surface area contributed by atoms with Crippen molar-refractivity contribution in [2.75, 3.05) is 13.2 Å². The summed E-state index contributed by atoms with van der Waals surface area (Å²) in [4.78, 5) is 33.8. The lowest BCUT2D eigenvalue weighted by molar-refractivity contribution is -0.137. The van der Waals surface area contributed by atoms with E-state index in [1.165, 1.54) is 0 Å². The lowest BCUT2D eigenvalue weighted by Crippen LogP contribution is -2.43. The molecule has 2 N–H and O–H groups in total. The van der Waals surface area contributed by atoms with E-state index in [2.05, 4.69) is 15.6 Å². The number of rotatable bonds is 6. The van der Waals surface area contributed by atoms with Crippen LogP contribution in [0.1, 0.15) is 12.5 Å². The van der Waals surface area contributed by atoms with Gasteiger partial charge in [-0.3, -0.25) is 20.4 Å². The second-order valence-corrected chi connectivity index (χ2v) is 4.18. The quantitative estimate of drug-likeness (QED) is 0.457. The smallest absolute Gasteiger partial charge is 0.330 e. The van der Waals surface area contributed by atoms with Gasteiger partial charge in [-0.05, 0) is 25.5 Å². The maximum absolute atomic E-state index is 11.5. The molecule has 0 aliphatic carbocycles. The van der Waals surface area contributed by atoms with Crippen LogP contribution < -0.4 is 15.6 Å². The Morgan fingerprint density at radius 1 is 1.14 bits per heavy atom. The third kappa shape index (κ3) is 6.56. The minimum atomic E-state index is -0.655. The van der Waals surface area contributed by atoms with Gasteiger partial charge in [0.2, 0.25) is 0 Å². The average molecular weight is 306 g/mol. The van der Waals surface area contributed by atoms with Crippen molar-refractivity contribution in [3.8, 4) is 5.75 Å². The normalized spacial score (nSPS) is 10.1. The van der Waals surface area contributed by atoms with Gasteiger partial charge in [-0.25, -0.2) is 4.79 Å². The standard InChI is InChI=1S/C15H18N2O5/c1-3-21-15(20)9-8-13(18)16-17-14(19)10-22-12-7-5-4-6-11(12)2/h4-9H,3,10H2,1-2H3,(H,16,18)(H,17,19). The van der Waals surface area contributed by atoms with Crippen LogP contribution in [-0.4, -0.2) is 31.0 Å². The molecule has 0 fully saturated rings. The highest BCUT2D eigenvalue weighted by atomic mass is 16.5. The van der Waals surface area contributed by atoms with Crippen LogP contribution in [0.25, 0.3) is 0 Å². The number of ether oxygens (including phenoxy) is 2. The van der Waals surface area contributed by atoms with E-state index in [0.29, 0.717) is 5.75 Å². The molecule has 1 rings (SSSR count). The van der Waals surface area contributed by atoms with Crippen LogP contribution in [0.3, 0.4) is 0 Å². The zero-order valence-electron chi connectivity index (χ0n) is 12.4. The van der Waals surface area contributed by atoms with Gasteiger partial charge in [-0.1, -0.05) is 18.2 Å². The minimum absolute atomic E-state index is 0.220. The summed E-state index contributed by atoms with van der Waals surface area (Å²) in [6.07, 6.45) is 1.93. The number of amides is 2. The van der Waals surface area contributed by atoms with Crippen LogP contribution in [0.5, 0.6) is 5.75 Å². The van der Waals surface area contributed by atoms with Crippen molar-refractivity contribution >= 4 is 17.8 Å². The summed E-state index contributed by atoms with van der Waals surface area (Å²) < 4.78 is 9.91. The Hall–Kier alpha value is -2.83. The van der Waals surface area contributed by atoms with Crippen molar-refractivity contribution in [2.45, 2.75) is 13.8 Å². The van der Waals surface area contributed by atoms with Crippen LogP contribution in [-0.2, 0) is 19.1 Å². The van der Waals surface area contributed by atoms with E-state index in [-0.39, 0.29) is 13.2 Å². The van der Waals surface area contributed by atoms with Crippen LogP contribution in [0.2, 0.25) is 0 Å². The molecule has 2 amide bonds. The summed E-state index contributed by atoms with van der Waals surface area (Å²) in [5.41, 5.74) is 5.18. The maximum atomic E-state index is 11.5. The Kier molecular flexibility index (Phi) is 7.18. The Morgan fingerprint density at radius 2 is 1.86 bits per heavy atom. The first kappa shape index (κ1) is 17.2. The number of hydrogen-bond donors (Lipinski definition) is 2. The van der Waals surface area contributed by atoms with Gasteiger partial charge in [-0.15, -0.1) is 0 Å². The minimum Gasteiger partial charge on any atom is -0.483 e. The van der Waals surface area contributed by atoms with Gasteiger partial charge in [0.05, 0.1) is 6.61 Å². The zero-order chi connectivity index (χ0) is 16.4. The molecule has 0 atom stereocenters. The molecule has 0 saturated carbocycles. The van der Waals surface area contributed by atoms with E-state index < -0.39 is 17.8 Å². The van der Waals surface area contributed by atoms with Crippen molar-refractivity contribution in [2.24, 2.45) is 0 Å². The summed E-state index contributed by atoms with van der Waals surface area (Å²) in [7, 11) is 0. The van der Waals surface area contributed by atoms with Gasteiger partial charge in [0.1, 0.15) is 5.75 Å². The molecule has 1 aromatic carbocycles. The van der Waals surface area contributed by atoms with Crippen LogP contribution in [0.15, 0.2) is 36.4 Å². The van der Waals surface area contributed by atoms with Gasteiger partial charge in [0.25, 0.3) is 11.8 Å². The van der Waals surface area contributed by atoms with Crippen molar-refractivity contribution < 1.29 is 23.9 Å². The highest BCUT2D eigenvalue weighted by molar-refractivity contribution is 5.95. The third-order valence-electron chi connectivity index (χ3n) is 2.43. The summed E-state index contributed by atoms with van der Waals surface area (Å²) in [6.45, 7) is 3.49. The largest absolute Gasteiger partial charge is 0.483 e. The summed E-state index contributed by atoms with van der Waals surface area (Å²) >= 11 is 0. The van der Waals surface area contributed by atoms with E-state index in [1.807, 2.05) is 19.1 Å². The molecule has 0 unspecified atom stereocenters. The number of carbonyl (C=O) groups is 3. The highest BCUT2D eigenvalue weighted by Crippen LogP contribution is 2.15. The van der Waals surface area contributed by atoms with Gasteiger partial charge >= 0.3 is 5.97 Å². The molecule has 22 heavy (non-hydrogen) atoms. The fourth-order valence-electron chi connectivity index (χ4n) is 1.40. The maximum Gasteiger partial charge on any atom is 0.330 e. The second-order valence-electron chi connectivity index (χ2n) is 4.18. The Balaban J connectivity index is 2.30. The molecule has 0 spiro atoms. The van der Waals surface area contributed by atoms with Crippen molar-refractivity contribution in [3.63, 3.8) is 0 Å². The predicted molar refractivity (Wildman–Crippen MR) is 78.7 cm³/mol. The van der Waals surface area contributed by atoms with Crippen molar-refractivity contribution in [3.05, 3.63) is 42.0 Å². The lowest BCUT2D eigenvalue weighted by Gasteiger charge is -2.09. The molecule has 0 saturated heterocycles. The molecule has 0 radical (unpaired) electrons. The van der Waals surface area contributed by atoms with Crippen molar-refractivity contribution in [1.82, 2.24) is 10.9 Å². The highest BCUT2D eigenvalue weighted by Gasteiger charge is 2.05. The molecule has 0 heterocycles. The Bertz CT molecular complexity index is 569. The molecule has 0 bridgehead atoms. The van der Waals surface area contributed by atoms with Crippen molar-refractivity contribution in [1.29, 1.82) is 0 Å². The van der Waals surface area contributed by atoms with Crippen LogP contribution in [0.4, 0.5) is 0 Å². The molecular formula is C15H18N2O5. The topological polar surface area (TPSA) is 93.7 Å². The Labute approximate surface area is 128 Å². The monoisotopic (exact) mass is 306 g/mol. The SMILES string of the molecule is CCOC(=O)C=CC(=O)NNC(=O)COc1ccccc1C.